The van der Waals surface area contributed by atoms with Gasteiger partial charge in [-0.3, -0.25) is 0 Å². The van der Waals surface area contributed by atoms with Crippen LogP contribution in [0, 0.1) is 18.6 Å². The summed E-state index contributed by atoms with van der Waals surface area (Å²) in [5, 5.41) is 7.80. The molecule has 0 spiro atoms. The molecule has 0 amide bonds. The van der Waals surface area contributed by atoms with Gasteiger partial charge in [-0.05, 0) is 19.1 Å². The molecular formula is C16H13F2N3O. The van der Waals surface area contributed by atoms with Gasteiger partial charge in [-0.15, -0.1) is 5.10 Å². The Kier molecular flexibility index (Phi) is 3.58. The average Bonchev–Trinajstić information content (AvgIpc) is 2.93. The quantitative estimate of drug-likeness (QED) is 0.743. The molecule has 1 heterocycles. The molecule has 3 rings (SSSR count). The molecule has 4 nitrogen and oxygen atoms in total. The van der Waals surface area contributed by atoms with Gasteiger partial charge in [0.25, 0.3) is 0 Å². The lowest BCUT2D eigenvalue weighted by atomic mass is 10.0. The lowest BCUT2D eigenvalue weighted by Crippen LogP contribution is -2.02. The van der Waals surface area contributed by atoms with Gasteiger partial charge < -0.3 is 4.74 Å². The first kappa shape index (κ1) is 14.2. The van der Waals surface area contributed by atoms with Crippen LogP contribution >= 0.6 is 0 Å². The Morgan fingerprint density at radius 3 is 2.50 bits per heavy atom. The predicted molar refractivity (Wildman–Crippen MR) is 78.0 cm³/mol. The molecule has 1 aromatic heterocycles. The van der Waals surface area contributed by atoms with Gasteiger partial charge in [0.2, 0.25) is 0 Å². The molecule has 0 atom stereocenters. The van der Waals surface area contributed by atoms with E-state index in [0.29, 0.717) is 22.7 Å². The molecule has 0 N–H and O–H groups in total. The van der Waals surface area contributed by atoms with Gasteiger partial charge in [-0.25, -0.2) is 13.5 Å². The second-order valence-electron chi connectivity index (χ2n) is 4.79. The summed E-state index contributed by atoms with van der Waals surface area (Å²) >= 11 is 0. The molecule has 0 saturated carbocycles. The Morgan fingerprint density at radius 2 is 1.86 bits per heavy atom. The van der Waals surface area contributed by atoms with E-state index < -0.39 is 11.6 Å². The van der Waals surface area contributed by atoms with E-state index >= 15 is 0 Å². The molecule has 0 aliphatic carbocycles. The van der Waals surface area contributed by atoms with E-state index in [0.717, 1.165) is 0 Å². The predicted octanol–water partition coefficient (Wildman–Crippen LogP) is 3.53. The number of ether oxygens (including phenoxy) is 1. The van der Waals surface area contributed by atoms with Crippen LogP contribution in [-0.4, -0.2) is 22.1 Å². The maximum atomic E-state index is 14.0. The van der Waals surface area contributed by atoms with Crippen molar-refractivity contribution >= 4 is 0 Å². The summed E-state index contributed by atoms with van der Waals surface area (Å²) in [6.07, 6.45) is 1.64. The zero-order chi connectivity index (χ0) is 15.7. The molecule has 3 aromatic rings. The lowest BCUT2D eigenvalue weighted by Gasteiger charge is -2.14. The third-order valence-corrected chi connectivity index (χ3v) is 3.26. The van der Waals surface area contributed by atoms with Gasteiger partial charge >= 0.3 is 0 Å². The third-order valence-electron chi connectivity index (χ3n) is 3.26. The summed E-state index contributed by atoms with van der Waals surface area (Å²) < 4.78 is 34.9. The van der Waals surface area contributed by atoms with Crippen molar-refractivity contribution in [3.63, 3.8) is 0 Å². The van der Waals surface area contributed by atoms with Gasteiger partial charge in [-0.2, -0.15) is 0 Å². The van der Waals surface area contributed by atoms with Gasteiger partial charge in [0.15, 0.2) is 5.75 Å². The van der Waals surface area contributed by atoms with E-state index in [1.54, 1.807) is 31.3 Å². The standard InChI is InChI=1S/C16H13F2N3O/c1-10-9-21(20-19-10)15-8-11(17)7-13(16(15)22-2)12-5-3-4-6-14(12)18/h3-9H,1-2H3. The van der Waals surface area contributed by atoms with Crippen molar-refractivity contribution in [1.82, 2.24) is 15.0 Å². The Morgan fingerprint density at radius 1 is 1.09 bits per heavy atom. The first-order chi connectivity index (χ1) is 10.6. The fraction of sp³-hybridized carbons (Fsp3) is 0.125. The number of aromatic nitrogens is 3. The average molecular weight is 301 g/mol. The summed E-state index contributed by atoms with van der Waals surface area (Å²) in [6, 6.07) is 8.66. The van der Waals surface area contributed by atoms with E-state index in [9.17, 15) is 8.78 Å². The maximum Gasteiger partial charge on any atom is 0.152 e. The lowest BCUT2D eigenvalue weighted by molar-refractivity contribution is 0.411. The summed E-state index contributed by atoms with van der Waals surface area (Å²) in [6.45, 7) is 1.77. The van der Waals surface area contributed by atoms with E-state index in [-0.39, 0.29) is 5.56 Å². The minimum atomic E-state index is -0.512. The first-order valence-corrected chi connectivity index (χ1v) is 6.62. The normalized spacial score (nSPS) is 10.7. The van der Waals surface area contributed by atoms with Crippen LogP contribution in [0.2, 0.25) is 0 Å². The number of methoxy groups -OCH3 is 1. The van der Waals surface area contributed by atoms with Gasteiger partial charge in [0, 0.05) is 17.2 Å². The van der Waals surface area contributed by atoms with Crippen molar-refractivity contribution in [2.45, 2.75) is 6.92 Å². The zero-order valence-corrected chi connectivity index (χ0v) is 12.0. The van der Waals surface area contributed by atoms with Crippen LogP contribution in [0.3, 0.4) is 0 Å². The van der Waals surface area contributed by atoms with Crippen LogP contribution in [0.25, 0.3) is 16.8 Å². The van der Waals surface area contributed by atoms with Crippen molar-refractivity contribution < 1.29 is 13.5 Å². The SMILES string of the molecule is COc1c(-c2ccccc2F)cc(F)cc1-n1cc(C)nn1. The molecule has 0 saturated heterocycles. The molecule has 0 aliphatic rings. The number of rotatable bonds is 3. The maximum absolute atomic E-state index is 14.0. The molecule has 2 aromatic carbocycles. The first-order valence-electron chi connectivity index (χ1n) is 6.62. The monoisotopic (exact) mass is 301 g/mol. The molecule has 0 aliphatic heterocycles. The fourth-order valence-electron chi connectivity index (χ4n) is 2.31. The largest absolute Gasteiger partial charge is 0.494 e. The fourth-order valence-corrected chi connectivity index (χ4v) is 2.31. The van der Waals surface area contributed by atoms with Crippen molar-refractivity contribution in [2.24, 2.45) is 0 Å². The van der Waals surface area contributed by atoms with E-state index in [2.05, 4.69) is 10.3 Å². The van der Waals surface area contributed by atoms with Crippen LogP contribution in [-0.2, 0) is 0 Å². The van der Waals surface area contributed by atoms with E-state index in [1.807, 2.05) is 0 Å². The van der Waals surface area contributed by atoms with Crippen molar-refractivity contribution in [2.75, 3.05) is 7.11 Å². The summed E-state index contributed by atoms with van der Waals surface area (Å²) in [4.78, 5) is 0. The van der Waals surface area contributed by atoms with Gasteiger partial charge in [0.1, 0.15) is 17.3 Å². The second kappa shape index (κ2) is 5.55. The molecule has 0 radical (unpaired) electrons. The molecule has 112 valence electrons. The minimum Gasteiger partial charge on any atom is -0.494 e. The highest BCUT2D eigenvalue weighted by atomic mass is 19.1. The number of hydrogen-bond donors (Lipinski definition) is 0. The summed E-state index contributed by atoms with van der Waals surface area (Å²) in [5.41, 5.74) is 1.63. The highest BCUT2D eigenvalue weighted by Gasteiger charge is 2.18. The van der Waals surface area contributed by atoms with Gasteiger partial charge in [-0.1, -0.05) is 23.4 Å². The van der Waals surface area contributed by atoms with E-state index in [4.69, 9.17) is 4.74 Å². The number of halogens is 2. The molecule has 0 fully saturated rings. The number of benzene rings is 2. The number of nitrogens with zero attached hydrogens (tertiary/aromatic N) is 3. The van der Waals surface area contributed by atoms with Crippen molar-refractivity contribution in [3.8, 4) is 22.6 Å². The Labute approximate surface area is 126 Å². The highest BCUT2D eigenvalue weighted by molar-refractivity contribution is 5.75. The van der Waals surface area contributed by atoms with Crippen molar-refractivity contribution in [3.05, 3.63) is 59.9 Å². The molecule has 0 unspecified atom stereocenters. The summed E-state index contributed by atoms with van der Waals surface area (Å²) in [7, 11) is 1.45. The van der Waals surface area contributed by atoms with Crippen LogP contribution < -0.4 is 4.74 Å². The zero-order valence-electron chi connectivity index (χ0n) is 12.0. The molecule has 0 bridgehead atoms. The van der Waals surface area contributed by atoms with Crippen LogP contribution in [0.4, 0.5) is 8.78 Å². The van der Waals surface area contributed by atoms with Crippen LogP contribution in [0.5, 0.6) is 5.75 Å². The van der Waals surface area contributed by atoms with Crippen LogP contribution in [0.15, 0.2) is 42.6 Å². The number of aryl methyl sites for hydroxylation is 1. The topological polar surface area (TPSA) is 39.9 Å². The Hall–Kier alpha value is -2.76. The van der Waals surface area contributed by atoms with Crippen LogP contribution in [0.1, 0.15) is 5.69 Å². The Balaban J connectivity index is 2.28. The highest BCUT2D eigenvalue weighted by Crippen LogP contribution is 2.37. The minimum absolute atomic E-state index is 0.261. The second-order valence-corrected chi connectivity index (χ2v) is 4.79. The van der Waals surface area contributed by atoms with Crippen molar-refractivity contribution in [1.29, 1.82) is 0 Å². The third kappa shape index (κ3) is 2.43. The molecule has 6 heteroatoms. The smallest absolute Gasteiger partial charge is 0.152 e. The Bertz CT molecular complexity index is 830. The summed E-state index contributed by atoms with van der Waals surface area (Å²) in [5.74, 6) is -0.634. The van der Waals surface area contributed by atoms with Gasteiger partial charge in [0.05, 0.1) is 19.0 Å². The number of hydrogen-bond acceptors (Lipinski definition) is 3. The molecular weight excluding hydrogens is 288 g/mol. The molecule has 22 heavy (non-hydrogen) atoms. The van der Waals surface area contributed by atoms with E-state index in [1.165, 1.54) is 30.0 Å².